The predicted molar refractivity (Wildman–Crippen MR) is 45.0 cm³/mol. The topological polar surface area (TPSA) is 12.0 Å². The van der Waals surface area contributed by atoms with Gasteiger partial charge in [0.15, 0.2) is 0 Å². The van der Waals surface area contributed by atoms with Crippen molar-refractivity contribution in [2.24, 2.45) is 5.92 Å². The third-order valence-electron chi connectivity index (χ3n) is 2.32. The highest BCUT2D eigenvalue weighted by atomic mass is 14.9. The summed E-state index contributed by atoms with van der Waals surface area (Å²) >= 11 is 0. The number of nitrogens with one attached hydrogen (secondary N) is 1. The number of rotatable bonds is 1. The van der Waals surface area contributed by atoms with Crippen molar-refractivity contribution < 1.29 is 0 Å². The highest BCUT2D eigenvalue weighted by Gasteiger charge is 2.17. The molecule has 1 heterocycles. The summed E-state index contributed by atoms with van der Waals surface area (Å²) in [5, 5.41) is 3.43. The standard InChI is InChI=1S/C9H17N/c1-7(2)9-4-5-10-8(3)6-9/h8-10H,1,4-6H2,2-3H3. The van der Waals surface area contributed by atoms with E-state index in [4.69, 9.17) is 0 Å². The van der Waals surface area contributed by atoms with Gasteiger partial charge in [-0.15, -0.1) is 0 Å². The minimum Gasteiger partial charge on any atom is -0.314 e. The first-order chi connectivity index (χ1) is 4.70. The molecule has 1 aliphatic heterocycles. The Hall–Kier alpha value is -0.300. The van der Waals surface area contributed by atoms with Crippen LogP contribution in [0.25, 0.3) is 0 Å². The molecule has 0 aliphatic carbocycles. The lowest BCUT2D eigenvalue weighted by molar-refractivity contribution is 0.350. The van der Waals surface area contributed by atoms with Crippen LogP contribution in [-0.4, -0.2) is 12.6 Å². The normalized spacial score (nSPS) is 33.8. The Balaban J connectivity index is 2.39. The molecule has 1 saturated heterocycles. The van der Waals surface area contributed by atoms with E-state index in [1.54, 1.807) is 0 Å². The van der Waals surface area contributed by atoms with E-state index in [2.05, 4.69) is 25.7 Å². The van der Waals surface area contributed by atoms with Gasteiger partial charge in [0.2, 0.25) is 0 Å². The Labute approximate surface area is 63.5 Å². The van der Waals surface area contributed by atoms with Gasteiger partial charge in [-0.2, -0.15) is 0 Å². The average Bonchev–Trinajstić information content (AvgIpc) is 1.88. The van der Waals surface area contributed by atoms with Crippen molar-refractivity contribution in [2.45, 2.75) is 32.7 Å². The zero-order valence-electron chi connectivity index (χ0n) is 6.98. The minimum absolute atomic E-state index is 0.690. The van der Waals surface area contributed by atoms with Gasteiger partial charge in [0.05, 0.1) is 0 Å². The highest BCUT2D eigenvalue weighted by Crippen LogP contribution is 2.21. The molecule has 2 unspecified atom stereocenters. The van der Waals surface area contributed by atoms with Gasteiger partial charge in [0.1, 0.15) is 0 Å². The fourth-order valence-corrected chi connectivity index (χ4v) is 1.58. The highest BCUT2D eigenvalue weighted by molar-refractivity contribution is 4.99. The summed E-state index contributed by atoms with van der Waals surface area (Å²) in [4.78, 5) is 0. The molecule has 0 aromatic heterocycles. The summed E-state index contributed by atoms with van der Waals surface area (Å²) in [6.45, 7) is 9.54. The first-order valence-electron chi connectivity index (χ1n) is 4.09. The maximum absolute atomic E-state index is 3.99. The summed E-state index contributed by atoms with van der Waals surface area (Å²) in [5.74, 6) is 0.774. The quantitative estimate of drug-likeness (QED) is 0.547. The molecular formula is C9H17N. The number of allylic oxidation sites excluding steroid dienone is 1. The van der Waals surface area contributed by atoms with Gasteiger partial charge < -0.3 is 5.32 Å². The summed E-state index contributed by atoms with van der Waals surface area (Å²) in [5.41, 5.74) is 1.35. The van der Waals surface area contributed by atoms with Crippen molar-refractivity contribution in [1.82, 2.24) is 5.32 Å². The smallest absolute Gasteiger partial charge is 0.00444 e. The van der Waals surface area contributed by atoms with Crippen molar-refractivity contribution in [3.63, 3.8) is 0 Å². The van der Waals surface area contributed by atoms with E-state index in [-0.39, 0.29) is 0 Å². The van der Waals surface area contributed by atoms with Crippen LogP contribution in [0, 0.1) is 5.92 Å². The largest absolute Gasteiger partial charge is 0.314 e. The fourth-order valence-electron chi connectivity index (χ4n) is 1.58. The zero-order valence-corrected chi connectivity index (χ0v) is 6.98. The molecule has 58 valence electrons. The van der Waals surface area contributed by atoms with Gasteiger partial charge in [-0.3, -0.25) is 0 Å². The number of hydrogen-bond donors (Lipinski definition) is 1. The van der Waals surface area contributed by atoms with Crippen LogP contribution in [0.3, 0.4) is 0 Å². The van der Waals surface area contributed by atoms with Gasteiger partial charge in [-0.05, 0) is 39.2 Å². The lowest BCUT2D eigenvalue weighted by Crippen LogP contribution is -2.35. The lowest BCUT2D eigenvalue weighted by Gasteiger charge is -2.28. The molecule has 0 amide bonds. The first-order valence-corrected chi connectivity index (χ1v) is 4.09. The molecule has 1 rings (SSSR count). The first kappa shape index (κ1) is 7.80. The van der Waals surface area contributed by atoms with Crippen LogP contribution >= 0.6 is 0 Å². The zero-order chi connectivity index (χ0) is 7.56. The molecule has 0 bridgehead atoms. The van der Waals surface area contributed by atoms with E-state index >= 15 is 0 Å². The maximum Gasteiger partial charge on any atom is 0.00444 e. The molecule has 1 fully saturated rings. The fraction of sp³-hybridized carbons (Fsp3) is 0.778. The maximum atomic E-state index is 3.99. The van der Waals surface area contributed by atoms with Crippen molar-refractivity contribution >= 4 is 0 Å². The molecule has 0 aromatic carbocycles. The van der Waals surface area contributed by atoms with Gasteiger partial charge in [0.25, 0.3) is 0 Å². The Kier molecular flexibility index (Phi) is 2.50. The van der Waals surface area contributed by atoms with E-state index in [0.717, 1.165) is 5.92 Å². The molecule has 1 heteroatoms. The number of hydrogen-bond acceptors (Lipinski definition) is 1. The van der Waals surface area contributed by atoms with Crippen LogP contribution in [0.4, 0.5) is 0 Å². The Morgan fingerprint density at radius 1 is 1.60 bits per heavy atom. The third-order valence-corrected chi connectivity index (χ3v) is 2.32. The molecular weight excluding hydrogens is 122 g/mol. The molecule has 1 nitrogen and oxygen atoms in total. The Morgan fingerprint density at radius 2 is 2.30 bits per heavy atom. The van der Waals surface area contributed by atoms with Gasteiger partial charge >= 0.3 is 0 Å². The van der Waals surface area contributed by atoms with E-state index in [9.17, 15) is 0 Å². The SMILES string of the molecule is C=C(C)C1CCNC(C)C1. The van der Waals surface area contributed by atoms with Crippen molar-refractivity contribution in [3.05, 3.63) is 12.2 Å². The molecule has 1 N–H and O–H groups in total. The third kappa shape index (κ3) is 1.84. The van der Waals surface area contributed by atoms with Crippen LogP contribution < -0.4 is 5.32 Å². The molecule has 0 saturated carbocycles. The van der Waals surface area contributed by atoms with E-state index in [1.165, 1.54) is 25.0 Å². The monoisotopic (exact) mass is 139 g/mol. The van der Waals surface area contributed by atoms with E-state index < -0.39 is 0 Å². The Morgan fingerprint density at radius 3 is 2.70 bits per heavy atom. The second-order valence-electron chi connectivity index (χ2n) is 3.42. The summed E-state index contributed by atoms with van der Waals surface area (Å²) in [6.07, 6.45) is 2.55. The number of piperidine rings is 1. The van der Waals surface area contributed by atoms with Crippen LogP contribution in [0.15, 0.2) is 12.2 Å². The molecule has 0 radical (unpaired) electrons. The second kappa shape index (κ2) is 3.20. The molecule has 10 heavy (non-hydrogen) atoms. The van der Waals surface area contributed by atoms with Crippen molar-refractivity contribution in [2.75, 3.05) is 6.54 Å². The Bertz CT molecular complexity index is 129. The summed E-state index contributed by atoms with van der Waals surface area (Å²) in [7, 11) is 0. The molecule has 0 spiro atoms. The van der Waals surface area contributed by atoms with Crippen LogP contribution in [0.2, 0.25) is 0 Å². The van der Waals surface area contributed by atoms with Crippen LogP contribution in [-0.2, 0) is 0 Å². The predicted octanol–water partition coefficient (Wildman–Crippen LogP) is 1.95. The van der Waals surface area contributed by atoms with Crippen molar-refractivity contribution in [1.29, 1.82) is 0 Å². The minimum atomic E-state index is 0.690. The molecule has 1 aliphatic rings. The summed E-state index contributed by atoms with van der Waals surface area (Å²) < 4.78 is 0. The van der Waals surface area contributed by atoms with Gasteiger partial charge in [0, 0.05) is 6.04 Å². The van der Waals surface area contributed by atoms with Gasteiger partial charge in [-0.1, -0.05) is 12.2 Å². The molecule has 0 aromatic rings. The lowest BCUT2D eigenvalue weighted by atomic mass is 9.88. The van der Waals surface area contributed by atoms with Crippen molar-refractivity contribution in [3.8, 4) is 0 Å². The van der Waals surface area contributed by atoms with E-state index in [0.29, 0.717) is 6.04 Å². The van der Waals surface area contributed by atoms with Crippen LogP contribution in [0.1, 0.15) is 26.7 Å². The van der Waals surface area contributed by atoms with E-state index in [1.807, 2.05) is 0 Å². The molecule has 2 atom stereocenters. The van der Waals surface area contributed by atoms with Gasteiger partial charge in [-0.25, -0.2) is 0 Å². The summed E-state index contributed by atoms with van der Waals surface area (Å²) in [6, 6.07) is 0.690. The average molecular weight is 139 g/mol. The van der Waals surface area contributed by atoms with Crippen LogP contribution in [0.5, 0.6) is 0 Å². The second-order valence-corrected chi connectivity index (χ2v) is 3.42.